The zero-order valence-electron chi connectivity index (χ0n) is 28.0. The predicted molar refractivity (Wildman–Crippen MR) is 173 cm³/mol. The molecule has 12 nitrogen and oxygen atoms in total. The van der Waals surface area contributed by atoms with Gasteiger partial charge in [0.05, 0.1) is 11.7 Å². The molecular formula is C34H48N6O6. The van der Waals surface area contributed by atoms with E-state index in [0.717, 1.165) is 36.2 Å². The average molecular weight is 637 g/mol. The molecule has 1 aliphatic carbocycles. The Balaban J connectivity index is 1.70. The minimum atomic E-state index is -1.47. The molecule has 2 heterocycles. The molecule has 2 aliphatic rings. The van der Waals surface area contributed by atoms with Gasteiger partial charge in [0.15, 0.2) is 0 Å². The summed E-state index contributed by atoms with van der Waals surface area (Å²) in [5.74, 6) is -2.65. The van der Waals surface area contributed by atoms with E-state index in [2.05, 4.69) is 24.1 Å². The van der Waals surface area contributed by atoms with Gasteiger partial charge in [-0.2, -0.15) is 15.0 Å². The monoisotopic (exact) mass is 636 g/mol. The Kier molecular flexibility index (Phi) is 9.98. The first-order chi connectivity index (χ1) is 21.5. The summed E-state index contributed by atoms with van der Waals surface area (Å²) >= 11 is 0. The minimum absolute atomic E-state index is 0.0839. The second-order valence-electron chi connectivity index (χ2n) is 14.4. The van der Waals surface area contributed by atoms with E-state index in [4.69, 9.17) is 14.9 Å². The third-order valence-corrected chi connectivity index (χ3v) is 8.51. The molecule has 250 valence electrons. The maximum absolute atomic E-state index is 14.3. The number of nitrogens with one attached hydrogen (secondary N) is 2. The van der Waals surface area contributed by atoms with Crippen LogP contribution in [0.3, 0.4) is 0 Å². The maximum Gasteiger partial charge on any atom is 0.408 e. The van der Waals surface area contributed by atoms with E-state index in [1.807, 2.05) is 51.1 Å². The SMILES string of the molecule is C=CC1CC1(NC(=O)C1CC(n2nc(CCCC)c(-c3ccccc3)n2)CN1C(=O)C(NC(=O)OC(C)(C)C)C(C)(C)C)C(=O)O. The van der Waals surface area contributed by atoms with E-state index in [1.54, 1.807) is 25.6 Å². The molecule has 46 heavy (non-hydrogen) atoms. The summed E-state index contributed by atoms with van der Waals surface area (Å²) in [7, 11) is 0. The number of hydrogen-bond acceptors (Lipinski definition) is 7. The van der Waals surface area contributed by atoms with Crippen LogP contribution in [0.15, 0.2) is 43.0 Å². The van der Waals surface area contributed by atoms with Gasteiger partial charge in [0.25, 0.3) is 0 Å². The smallest absolute Gasteiger partial charge is 0.408 e. The number of aliphatic carboxylic acids is 1. The van der Waals surface area contributed by atoms with Crippen LogP contribution in [0.25, 0.3) is 11.3 Å². The van der Waals surface area contributed by atoms with Gasteiger partial charge in [-0.25, -0.2) is 9.59 Å². The molecule has 5 unspecified atom stereocenters. The van der Waals surface area contributed by atoms with Crippen molar-refractivity contribution in [3.63, 3.8) is 0 Å². The van der Waals surface area contributed by atoms with Crippen molar-refractivity contribution in [3.05, 3.63) is 48.7 Å². The molecule has 5 atom stereocenters. The van der Waals surface area contributed by atoms with E-state index in [1.165, 1.54) is 11.0 Å². The molecule has 0 radical (unpaired) electrons. The second-order valence-corrected chi connectivity index (χ2v) is 14.4. The molecule has 1 aromatic heterocycles. The van der Waals surface area contributed by atoms with E-state index in [-0.39, 0.29) is 19.4 Å². The van der Waals surface area contributed by atoms with Crippen LogP contribution in [0.2, 0.25) is 0 Å². The molecule has 0 spiro atoms. The van der Waals surface area contributed by atoms with Gasteiger partial charge in [0.1, 0.15) is 28.9 Å². The third-order valence-electron chi connectivity index (χ3n) is 8.51. The fraction of sp³-hybridized carbons (Fsp3) is 0.588. The number of benzene rings is 1. The summed E-state index contributed by atoms with van der Waals surface area (Å²) in [6, 6.07) is 7.19. The van der Waals surface area contributed by atoms with Crippen molar-refractivity contribution >= 4 is 23.9 Å². The number of nitrogens with zero attached hydrogens (tertiary/aromatic N) is 4. The summed E-state index contributed by atoms with van der Waals surface area (Å²) in [6.07, 6.45) is 3.76. The quantitative estimate of drug-likeness (QED) is 0.304. The van der Waals surface area contributed by atoms with Gasteiger partial charge >= 0.3 is 12.1 Å². The third kappa shape index (κ3) is 7.59. The standard InChI is InChI=1S/C34H48N6O6/c1-9-11-17-24-26(21-15-13-12-14-16-21)38-40(37-24)23-18-25(28(41)36-34(30(43)44)19-22(34)10-2)39(20-23)29(42)27(32(3,4)5)35-31(45)46-33(6,7)8/h10,12-16,22-23,25,27H,2,9,11,17-20H2,1,3-8H3,(H,35,45)(H,36,41)(H,43,44). The van der Waals surface area contributed by atoms with E-state index >= 15 is 0 Å². The van der Waals surface area contributed by atoms with Crippen molar-refractivity contribution in [2.24, 2.45) is 11.3 Å². The van der Waals surface area contributed by atoms with Crippen molar-refractivity contribution in [1.29, 1.82) is 0 Å². The molecule has 2 aromatic rings. The second kappa shape index (κ2) is 13.3. The molecule has 2 fully saturated rings. The lowest BCUT2D eigenvalue weighted by Gasteiger charge is -2.36. The zero-order valence-corrected chi connectivity index (χ0v) is 28.0. The number of carboxylic acids is 1. The highest BCUT2D eigenvalue weighted by atomic mass is 16.6. The maximum atomic E-state index is 14.3. The van der Waals surface area contributed by atoms with Gasteiger partial charge in [-0.05, 0) is 45.4 Å². The molecule has 1 aromatic carbocycles. The number of aryl methyl sites for hydroxylation is 1. The highest BCUT2D eigenvalue weighted by molar-refractivity contribution is 5.96. The van der Waals surface area contributed by atoms with Crippen LogP contribution >= 0.6 is 0 Å². The summed E-state index contributed by atoms with van der Waals surface area (Å²) in [6.45, 7) is 16.5. The molecule has 12 heteroatoms. The van der Waals surface area contributed by atoms with Gasteiger partial charge in [-0.3, -0.25) is 9.59 Å². The van der Waals surface area contributed by atoms with E-state index < -0.39 is 64.5 Å². The number of hydrogen-bond donors (Lipinski definition) is 3. The Morgan fingerprint density at radius 1 is 1.13 bits per heavy atom. The first kappa shape index (κ1) is 34.6. The summed E-state index contributed by atoms with van der Waals surface area (Å²) in [4.78, 5) is 56.3. The van der Waals surface area contributed by atoms with Gasteiger partial charge in [-0.1, -0.05) is 70.5 Å². The molecule has 3 N–H and O–H groups in total. The van der Waals surface area contributed by atoms with Crippen LogP contribution in [-0.2, 0) is 25.5 Å². The van der Waals surface area contributed by atoms with Crippen molar-refractivity contribution in [2.45, 2.75) is 110 Å². The van der Waals surface area contributed by atoms with E-state index in [9.17, 15) is 24.3 Å². The fourth-order valence-electron chi connectivity index (χ4n) is 5.88. The van der Waals surface area contributed by atoms with Gasteiger partial charge in [0, 0.05) is 24.4 Å². The Morgan fingerprint density at radius 3 is 2.35 bits per heavy atom. The van der Waals surface area contributed by atoms with Crippen molar-refractivity contribution in [3.8, 4) is 11.3 Å². The van der Waals surface area contributed by atoms with Crippen LogP contribution in [-0.4, -0.2) is 78.6 Å². The van der Waals surface area contributed by atoms with E-state index in [0.29, 0.717) is 0 Å². The number of carbonyl (C=O) groups excluding carboxylic acids is 3. The highest BCUT2D eigenvalue weighted by Gasteiger charge is 2.61. The van der Waals surface area contributed by atoms with Crippen LogP contribution in [0.4, 0.5) is 4.79 Å². The van der Waals surface area contributed by atoms with Crippen molar-refractivity contribution in [2.75, 3.05) is 6.54 Å². The van der Waals surface area contributed by atoms with Crippen LogP contribution in [0.1, 0.15) is 85.9 Å². The fourth-order valence-corrected chi connectivity index (χ4v) is 5.88. The largest absolute Gasteiger partial charge is 0.479 e. The zero-order chi connectivity index (χ0) is 34.0. The normalized spacial score (nSPS) is 23.4. The molecule has 1 aliphatic heterocycles. The lowest BCUT2D eigenvalue weighted by atomic mass is 9.85. The number of unbranched alkanes of at least 4 members (excludes halogenated alkanes) is 1. The van der Waals surface area contributed by atoms with Crippen molar-refractivity contribution < 1.29 is 29.0 Å². The van der Waals surface area contributed by atoms with Gasteiger partial charge in [-0.15, -0.1) is 6.58 Å². The number of carboxylic acid groups (broad SMARTS) is 1. The molecule has 1 saturated heterocycles. The van der Waals surface area contributed by atoms with Crippen LogP contribution in [0, 0.1) is 11.3 Å². The predicted octanol–water partition coefficient (Wildman–Crippen LogP) is 4.51. The Morgan fingerprint density at radius 2 is 1.80 bits per heavy atom. The average Bonchev–Trinajstić information content (AvgIpc) is 3.29. The number of alkyl carbamates (subject to hydrolysis) is 1. The summed E-state index contributed by atoms with van der Waals surface area (Å²) < 4.78 is 5.46. The number of aromatic nitrogens is 3. The van der Waals surface area contributed by atoms with Crippen molar-refractivity contribution in [1.82, 2.24) is 30.5 Å². The molecule has 4 rings (SSSR count). The molecule has 0 bridgehead atoms. The number of likely N-dealkylation sites (tertiary alicyclic amines) is 1. The Bertz CT molecular complexity index is 1460. The molecular weight excluding hydrogens is 588 g/mol. The molecule has 1 saturated carbocycles. The number of ether oxygens (including phenoxy) is 1. The first-order valence-corrected chi connectivity index (χ1v) is 16.0. The number of amides is 3. The van der Waals surface area contributed by atoms with Crippen LogP contribution < -0.4 is 10.6 Å². The highest BCUT2D eigenvalue weighted by Crippen LogP contribution is 2.45. The minimum Gasteiger partial charge on any atom is -0.479 e. The number of carbonyl (C=O) groups is 4. The Labute approximate surface area is 270 Å². The summed E-state index contributed by atoms with van der Waals surface area (Å²) in [5.41, 5.74) is -0.516. The Hall–Kier alpha value is -4.22. The summed E-state index contributed by atoms with van der Waals surface area (Å²) in [5, 5.41) is 25.1. The van der Waals surface area contributed by atoms with Crippen LogP contribution in [0.5, 0.6) is 0 Å². The van der Waals surface area contributed by atoms with Gasteiger partial charge < -0.3 is 25.4 Å². The number of rotatable bonds is 11. The lowest BCUT2D eigenvalue weighted by molar-refractivity contribution is -0.146. The topological polar surface area (TPSA) is 156 Å². The lowest BCUT2D eigenvalue weighted by Crippen LogP contribution is -2.59. The first-order valence-electron chi connectivity index (χ1n) is 16.0. The molecule has 3 amide bonds. The van der Waals surface area contributed by atoms with Gasteiger partial charge in [0.2, 0.25) is 11.8 Å².